The number of hydrogen-bond acceptors (Lipinski definition) is 3. The van der Waals surface area contributed by atoms with Crippen molar-refractivity contribution in [1.29, 1.82) is 0 Å². The molecule has 0 aliphatic carbocycles. The number of thioether (sulfide) groups is 1. The second-order valence-electron chi connectivity index (χ2n) is 3.48. The average Bonchev–Trinajstić information content (AvgIpc) is 2.30. The lowest BCUT2D eigenvalue weighted by molar-refractivity contribution is 0.560. The zero-order valence-electron chi connectivity index (χ0n) is 9.57. The van der Waals surface area contributed by atoms with E-state index >= 15 is 0 Å². The number of hydrogen-bond donors (Lipinski definition) is 1. The molecule has 0 aromatic carbocycles. The molecule has 1 N–H and O–H groups in total. The van der Waals surface area contributed by atoms with Crippen LogP contribution < -0.4 is 5.32 Å². The minimum absolute atomic E-state index is 0.359. The number of nitrogens with zero attached hydrogens (tertiary/aromatic N) is 1. The molecule has 0 amide bonds. The predicted octanol–water partition coefficient (Wildman–Crippen LogP) is 2.88. The number of pyridine rings is 1. The summed E-state index contributed by atoms with van der Waals surface area (Å²) in [5.41, 5.74) is 1.13. The van der Waals surface area contributed by atoms with E-state index in [9.17, 15) is 0 Å². The van der Waals surface area contributed by atoms with Crippen LogP contribution >= 0.6 is 11.8 Å². The van der Waals surface area contributed by atoms with Gasteiger partial charge < -0.3 is 5.32 Å². The molecule has 1 aromatic rings. The highest BCUT2D eigenvalue weighted by molar-refractivity contribution is 7.99. The Hall–Kier alpha value is -0.540. The van der Waals surface area contributed by atoms with Crippen LogP contribution in [0.25, 0.3) is 0 Å². The van der Waals surface area contributed by atoms with Gasteiger partial charge in [0.25, 0.3) is 0 Å². The van der Waals surface area contributed by atoms with E-state index in [-0.39, 0.29) is 0 Å². The van der Waals surface area contributed by atoms with Crippen LogP contribution in [-0.4, -0.2) is 23.0 Å². The van der Waals surface area contributed by atoms with Gasteiger partial charge in [0.05, 0.1) is 5.69 Å². The number of aromatic nitrogens is 1. The highest BCUT2D eigenvalue weighted by Gasteiger charge is 2.03. The Kier molecular flexibility index (Phi) is 6.44. The van der Waals surface area contributed by atoms with Crippen molar-refractivity contribution in [1.82, 2.24) is 10.3 Å². The van der Waals surface area contributed by atoms with Gasteiger partial charge in [0.15, 0.2) is 0 Å². The van der Waals surface area contributed by atoms with E-state index in [1.54, 1.807) is 0 Å². The van der Waals surface area contributed by atoms with Gasteiger partial charge in [-0.05, 0) is 43.5 Å². The zero-order valence-corrected chi connectivity index (χ0v) is 10.4. The van der Waals surface area contributed by atoms with Crippen molar-refractivity contribution in [3.63, 3.8) is 0 Å². The minimum Gasteiger partial charge on any atom is -0.309 e. The molecule has 0 aliphatic heterocycles. The Bertz CT molecular complexity index is 251. The Morgan fingerprint density at radius 1 is 1.47 bits per heavy atom. The van der Waals surface area contributed by atoms with Gasteiger partial charge in [-0.25, -0.2) is 0 Å². The van der Waals surface area contributed by atoms with Crippen LogP contribution in [0.4, 0.5) is 0 Å². The zero-order chi connectivity index (χ0) is 10.9. The highest BCUT2D eigenvalue weighted by atomic mass is 32.2. The molecule has 84 valence electrons. The summed E-state index contributed by atoms with van der Waals surface area (Å²) in [5, 5.41) is 3.48. The van der Waals surface area contributed by atoms with Crippen LogP contribution in [-0.2, 0) is 0 Å². The fourth-order valence-electron chi connectivity index (χ4n) is 1.37. The van der Waals surface area contributed by atoms with E-state index in [2.05, 4.69) is 30.2 Å². The standard InChI is InChI=1S/C12H20N2S/c1-3-15-10-6-9-13-11(2)12-7-4-5-8-14-12/h4-5,7-8,11,13H,3,6,9-10H2,1-2H3/t11-/m0/s1. The van der Waals surface area contributed by atoms with E-state index in [4.69, 9.17) is 0 Å². The number of nitrogens with one attached hydrogen (secondary N) is 1. The Morgan fingerprint density at radius 3 is 3.00 bits per heavy atom. The van der Waals surface area contributed by atoms with Crippen molar-refractivity contribution in [3.8, 4) is 0 Å². The summed E-state index contributed by atoms with van der Waals surface area (Å²) in [6.45, 7) is 5.44. The van der Waals surface area contributed by atoms with Gasteiger partial charge >= 0.3 is 0 Å². The van der Waals surface area contributed by atoms with Crippen LogP contribution in [0.5, 0.6) is 0 Å². The van der Waals surface area contributed by atoms with Gasteiger partial charge in [0.1, 0.15) is 0 Å². The molecule has 2 nitrogen and oxygen atoms in total. The molecule has 1 atom stereocenters. The Balaban J connectivity index is 2.16. The van der Waals surface area contributed by atoms with Gasteiger partial charge in [-0.15, -0.1) is 0 Å². The first-order valence-electron chi connectivity index (χ1n) is 5.56. The van der Waals surface area contributed by atoms with Crippen LogP contribution in [0.15, 0.2) is 24.4 Å². The van der Waals surface area contributed by atoms with Crippen molar-refractivity contribution in [3.05, 3.63) is 30.1 Å². The van der Waals surface area contributed by atoms with Crippen LogP contribution in [0.2, 0.25) is 0 Å². The van der Waals surface area contributed by atoms with E-state index in [0.717, 1.165) is 12.2 Å². The summed E-state index contributed by atoms with van der Waals surface area (Å²) in [6.07, 6.45) is 3.08. The van der Waals surface area contributed by atoms with Gasteiger partial charge in [-0.3, -0.25) is 4.98 Å². The molecule has 0 aliphatic rings. The monoisotopic (exact) mass is 224 g/mol. The van der Waals surface area contributed by atoms with Gasteiger partial charge in [0, 0.05) is 12.2 Å². The quantitative estimate of drug-likeness (QED) is 0.721. The summed E-state index contributed by atoms with van der Waals surface area (Å²) in [7, 11) is 0. The van der Waals surface area contributed by atoms with E-state index in [1.807, 2.05) is 30.1 Å². The van der Waals surface area contributed by atoms with Crippen molar-refractivity contribution >= 4 is 11.8 Å². The first-order valence-corrected chi connectivity index (χ1v) is 6.72. The third kappa shape index (κ3) is 5.19. The maximum absolute atomic E-state index is 4.33. The Morgan fingerprint density at radius 2 is 2.33 bits per heavy atom. The molecule has 1 heterocycles. The molecule has 15 heavy (non-hydrogen) atoms. The van der Waals surface area contributed by atoms with Crippen molar-refractivity contribution in [2.45, 2.75) is 26.3 Å². The third-order valence-electron chi connectivity index (χ3n) is 2.25. The van der Waals surface area contributed by atoms with Crippen molar-refractivity contribution in [2.24, 2.45) is 0 Å². The Labute approximate surface area is 96.9 Å². The fourth-order valence-corrected chi connectivity index (χ4v) is 2.01. The predicted molar refractivity (Wildman–Crippen MR) is 68.3 cm³/mol. The van der Waals surface area contributed by atoms with Gasteiger partial charge in [0.2, 0.25) is 0 Å². The molecule has 0 saturated heterocycles. The molecule has 0 saturated carbocycles. The summed E-state index contributed by atoms with van der Waals surface area (Å²) >= 11 is 2.00. The van der Waals surface area contributed by atoms with Crippen molar-refractivity contribution in [2.75, 3.05) is 18.1 Å². The first-order chi connectivity index (χ1) is 7.34. The molecule has 0 unspecified atom stereocenters. The lowest BCUT2D eigenvalue weighted by atomic mass is 10.2. The third-order valence-corrected chi connectivity index (χ3v) is 3.24. The largest absolute Gasteiger partial charge is 0.309 e. The highest BCUT2D eigenvalue weighted by Crippen LogP contribution is 2.08. The molecule has 3 heteroatoms. The van der Waals surface area contributed by atoms with E-state index < -0.39 is 0 Å². The first kappa shape index (κ1) is 12.5. The lowest BCUT2D eigenvalue weighted by Gasteiger charge is -2.12. The summed E-state index contributed by atoms with van der Waals surface area (Å²) in [4.78, 5) is 4.33. The average molecular weight is 224 g/mol. The molecule has 1 aromatic heterocycles. The fraction of sp³-hybridized carbons (Fsp3) is 0.583. The van der Waals surface area contributed by atoms with Crippen LogP contribution in [0, 0.1) is 0 Å². The van der Waals surface area contributed by atoms with Crippen LogP contribution in [0.1, 0.15) is 32.0 Å². The number of rotatable bonds is 7. The molecule has 0 bridgehead atoms. The van der Waals surface area contributed by atoms with Gasteiger partial charge in [-0.2, -0.15) is 11.8 Å². The van der Waals surface area contributed by atoms with Crippen molar-refractivity contribution < 1.29 is 0 Å². The molecule has 0 fully saturated rings. The van der Waals surface area contributed by atoms with E-state index in [0.29, 0.717) is 6.04 Å². The van der Waals surface area contributed by atoms with Crippen LogP contribution in [0.3, 0.4) is 0 Å². The SMILES string of the molecule is CCSCCCN[C@@H](C)c1ccccn1. The normalized spacial score (nSPS) is 12.7. The lowest BCUT2D eigenvalue weighted by Crippen LogP contribution is -2.21. The second-order valence-corrected chi connectivity index (χ2v) is 4.87. The van der Waals surface area contributed by atoms with E-state index in [1.165, 1.54) is 17.9 Å². The molecular formula is C12H20N2S. The molecule has 1 rings (SSSR count). The second kappa shape index (κ2) is 7.71. The summed E-state index contributed by atoms with van der Waals surface area (Å²) in [6, 6.07) is 6.41. The summed E-state index contributed by atoms with van der Waals surface area (Å²) in [5.74, 6) is 2.47. The molecular weight excluding hydrogens is 204 g/mol. The maximum atomic E-state index is 4.33. The molecule has 0 spiro atoms. The summed E-state index contributed by atoms with van der Waals surface area (Å²) < 4.78 is 0. The maximum Gasteiger partial charge on any atom is 0.0570 e. The topological polar surface area (TPSA) is 24.9 Å². The van der Waals surface area contributed by atoms with Gasteiger partial charge in [-0.1, -0.05) is 13.0 Å². The molecule has 0 radical (unpaired) electrons. The minimum atomic E-state index is 0.359. The smallest absolute Gasteiger partial charge is 0.0570 e.